The second-order valence-corrected chi connectivity index (χ2v) is 4.52. The summed E-state index contributed by atoms with van der Waals surface area (Å²) in [4.78, 5) is 11.7. The fraction of sp³-hybridized carbons (Fsp3) is 0.417. The number of benzene rings is 1. The molecule has 0 fully saturated rings. The van der Waals surface area contributed by atoms with Crippen LogP contribution in [0.1, 0.15) is 5.56 Å². The fourth-order valence-electron chi connectivity index (χ4n) is 1.58. The standard InChI is InChI=1S/C12H17NO4S/c1-16-9-5-7(4-8(13)12(14)15)11(18-3)6-10(9)17-2/h5-6,8H,4,13H2,1-3H3,(H,14,15). The van der Waals surface area contributed by atoms with E-state index in [1.165, 1.54) is 18.9 Å². The Balaban J connectivity index is 3.13. The molecule has 0 saturated heterocycles. The number of hydrogen-bond donors (Lipinski definition) is 2. The number of thioether (sulfide) groups is 1. The van der Waals surface area contributed by atoms with Crippen LogP contribution in [-0.4, -0.2) is 37.6 Å². The first-order valence-corrected chi connectivity index (χ1v) is 6.53. The Labute approximate surface area is 110 Å². The highest BCUT2D eigenvalue weighted by Gasteiger charge is 2.17. The summed E-state index contributed by atoms with van der Waals surface area (Å²) in [5.41, 5.74) is 6.40. The van der Waals surface area contributed by atoms with E-state index in [9.17, 15) is 4.79 Å². The van der Waals surface area contributed by atoms with Crippen LogP contribution in [0.5, 0.6) is 11.5 Å². The summed E-state index contributed by atoms with van der Waals surface area (Å²) in [6, 6.07) is 2.68. The molecule has 0 saturated carbocycles. The van der Waals surface area contributed by atoms with Gasteiger partial charge < -0.3 is 20.3 Å². The fourth-order valence-corrected chi connectivity index (χ4v) is 2.21. The average molecular weight is 271 g/mol. The SMILES string of the molecule is COc1cc(CC(N)C(=O)O)c(SC)cc1OC. The Hall–Kier alpha value is -1.40. The van der Waals surface area contributed by atoms with E-state index in [1.54, 1.807) is 13.2 Å². The van der Waals surface area contributed by atoms with Crippen LogP contribution < -0.4 is 15.2 Å². The van der Waals surface area contributed by atoms with E-state index in [-0.39, 0.29) is 6.42 Å². The summed E-state index contributed by atoms with van der Waals surface area (Å²) in [6.07, 6.45) is 2.17. The van der Waals surface area contributed by atoms with Crippen LogP contribution in [0, 0.1) is 0 Å². The smallest absolute Gasteiger partial charge is 0.320 e. The van der Waals surface area contributed by atoms with Crippen LogP contribution in [-0.2, 0) is 11.2 Å². The molecule has 6 heteroatoms. The van der Waals surface area contributed by atoms with Gasteiger partial charge in [-0.2, -0.15) is 0 Å². The summed E-state index contributed by atoms with van der Waals surface area (Å²) < 4.78 is 10.4. The molecule has 0 aromatic heterocycles. The first-order valence-electron chi connectivity index (χ1n) is 5.30. The van der Waals surface area contributed by atoms with Gasteiger partial charge in [-0.05, 0) is 30.4 Å². The van der Waals surface area contributed by atoms with Crippen molar-refractivity contribution in [2.45, 2.75) is 17.4 Å². The van der Waals surface area contributed by atoms with Gasteiger partial charge in [0.15, 0.2) is 11.5 Å². The van der Waals surface area contributed by atoms with Crippen LogP contribution in [0.15, 0.2) is 17.0 Å². The number of aliphatic carboxylic acids is 1. The number of nitrogens with two attached hydrogens (primary N) is 1. The van der Waals surface area contributed by atoms with E-state index in [4.69, 9.17) is 20.3 Å². The van der Waals surface area contributed by atoms with Gasteiger partial charge in [-0.25, -0.2) is 0 Å². The van der Waals surface area contributed by atoms with Gasteiger partial charge in [-0.3, -0.25) is 4.79 Å². The molecule has 5 nitrogen and oxygen atoms in total. The van der Waals surface area contributed by atoms with E-state index < -0.39 is 12.0 Å². The van der Waals surface area contributed by atoms with Gasteiger partial charge >= 0.3 is 5.97 Å². The Morgan fingerprint density at radius 2 is 1.94 bits per heavy atom. The third kappa shape index (κ3) is 3.30. The number of rotatable bonds is 6. The second kappa shape index (κ2) is 6.51. The Morgan fingerprint density at radius 1 is 1.39 bits per heavy atom. The minimum atomic E-state index is -1.02. The molecule has 0 bridgehead atoms. The number of methoxy groups -OCH3 is 2. The van der Waals surface area contributed by atoms with Gasteiger partial charge in [0.05, 0.1) is 14.2 Å². The molecule has 1 rings (SSSR count). The van der Waals surface area contributed by atoms with Crippen LogP contribution >= 0.6 is 11.8 Å². The van der Waals surface area contributed by atoms with Crippen molar-refractivity contribution < 1.29 is 19.4 Å². The Kier molecular flexibility index (Phi) is 5.30. The lowest BCUT2D eigenvalue weighted by molar-refractivity contribution is -0.138. The summed E-state index contributed by atoms with van der Waals surface area (Å²) in [7, 11) is 3.10. The quantitative estimate of drug-likeness (QED) is 0.761. The largest absolute Gasteiger partial charge is 0.493 e. The Bertz CT molecular complexity index is 436. The van der Waals surface area contributed by atoms with Crippen molar-refractivity contribution in [3.05, 3.63) is 17.7 Å². The monoisotopic (exact) mass is 271 g/mol. The van der Waals surface area contributed by atoms with Crippen molar-refractivity contribution >= 4 is 17.7 Å². The van der Waals surface area contributed by atoms with Crippen LogP contribution in [0.4, 0.5) is 0 Å². The van der Waals surface area contributed by atoms with Gasteiger partial charge in [0.2, 0.25) is 0 Å². The van der Waals surface area contributed by atoms with E-state index in [2.05, 4.69) is 0 Å². The van der Waals surface area contributed by atoms with Crippen molar-refractivity contribution in [3.63, 3.8) is 0 Å². The summed E-state index contributed by atoms with van der Waals surface area (Å²) in [5.74, 6) is 0.175. The lowest BCUT2D eigenvalue weighted by Crippen LogP contribution is -2.32. The molecule has 1 unspecified atom stereocenters. The van der Waals surface area contributed by atoms with Crippen LogP contribution in [0.3, 0.4) is 0 Å². The molecule has 0 aliphatic heterocycles. The van der Waals surface area contributed by atoms with Crippen LogP contribution in [0.25, 0.3) is 0 Å². The first kappa shape index (κ1) is 14.7. The zero-order chi connectivity index (χ0) is 13.7. The molecule has 3 N–H and O–H groups in total. The molecule has 0 aliphatic carbocycles. The van der Waals surface area contributed by atoms with E-state index in [0.717, 1.165) is 10.5 Å². The molecular formula is C12H17NO4S. The maximum absolute atomic E-state index is 10.8. The molecule has 1 aromatic carbocycles. The molecule has 100 valence electrons. The molecule has 0 heterocycles. The van der Waals surface area contributed by atoms with E-state index >= 15 is 0 Å². The highest BCUT2D eigenvalue weighted by molar-refractivity contribution is 7.98. The molecular weight excluding hydrogens is 254 g/mol. The number of hydrogen-bond acceptors (Lipinski definition) is 5. The summed E-state index contributed by atoms with van der Waals surface area (Å²) in [6.45, 7) is 0. The highest BCUT2D eigenvalue weighted by Crippen LogP contribution is 2.34. The van der Waals surface area contributed by atoms with E-state index in [1.807, 2.05) is 12.3 Å². The molecule has 0 spiro atoms. The van der Waals surface area contributed by atoms with Crippen LogP contribution in [0.2, 0.25) is 0 Å². The third-order valence-electron chi connectivity index (χ3n) is 2.54. The van der Waals surface area contributed by atoms with E-state index in [0.29, 0.717) is 11.5 Å². The van der Waals surface area contributed by atoms with Gasteiger partial charge in [0.1, 0.15) is 6.04 Å². The zero-order valence-electron chi connectivity index (χ0n) is 10.6. The minimum absolute atomic E-state index is 0.256. The predicted molar refractivity (Wildman–Crippen MR) is 70.6 cm³/mol. The predicted octanol–water partition coefficient (Wildman–Crippen LogP) is 1.38. The second-order valence-electron chi connectivity index (χ2n) is 3.67. The number of carboxylic acid groups (broad SMARTS) is 1. The normalized spacial score (nSPS) is 12.0. The number of carboxylic acids is 1. The first-order chi connectivity index (χ1) is 8.53. The number of carbonyl (C=O) groups is 1. The molecule has 18 heavy (non-hydrogen) atoms. The van der Waals surface area contributed by atoms with Crippen molar-refractivity contribution in [3.8, 4) is 11.5 Å². The third-order valence-corrected chi connectivity index (χ3v) is 3.36. The topological polar surface area (TPSA) is 81.8 Å². The lowest BCUT2D eigenvalue weighted by atomic mass is 10.1. The Morgan fingerprint density at radius 3 is 2.39 bits per heavy atom. The van der Waals surface area contributed by atoms with Crippen molar-refractivity contribution in [2.75, 3.05) is 20.5 Å². The maximum Gasteiger partial charge on any atom is 0.320 e. The molecule has 0 radical (unpaired) electrons. The molecule has 1 atom stereocenters. The average Bonchev–Trinajstić information content (AvgIpc) is 2.37. The molecule has 0 aliphatic rings. The van der Waals surface area contributed by atoms with Gasteiger partial charge in [-0.15, -0.1) is 11.8 Å². The van der Waals surface area contributed by atoms with Gasteiger partial charge in [0, 0.05) is 4.90 Å². The zero-order valence-corrected chi connectivity index (χ0v) is 11.4. The van der Waals surface area contributed by atoms with Crippen molar-refractivity contribution in [2.24, 2.45) is 5.73 Å². The summed E-state index contributed by atoms with van der Waals surface area (Å²) >= 11 is 1.51. The van der Waals surface area contributed by atoms with Crippen molar-refractivity contribution in [1.29, 1.82) is 0 Å². The molecule has 0 amide bonds. The summed E-state index contributed by atoms with van der Waals surface area (Å²) in [5, 5.41) is 8.85. The molecule has 1 aromatic rings. The van der Waals surface area contributed by atoms with Gasteiger partial charge in [0.25, 0.3) is 0 Å². The highest BCUT2D eigenvalue weighted by atomic mass is 32.2. The lowest BCUT2D eigenvalue weighted by Gasteiger charge is -2.15. The van der Waals surface area contributed by atoms with Gasteiger partial charge in [-0.1, -0.05) is 0 Å². The minimum Gasteiger partial charge on any atom is -0.493 e. The number of ether oxygens (including phenoxy) is 2. The maximum atomic E-state index is 10.8. The van der Waals surface area contributed by atoms with Crippen molar-refractivity contribution in [1.82, 2.24) is 0 Å².